The lowest BCUT2D eigenvalue weighted by Crippen LogP contribution is -2.45. The molecule has 0 N–H and O–H groups in total. The second-order valence-corrected chi connectivity index (χ2v) is 5.47. The number of pyridine rings is 1. The number of halogens is 6. The third-order valence-corrected chi connectivity index (χ3v) is 3.40. The summed E-state index contributed by atoms with van der Waals surface area (Å²) in [5.41, 5.74) is -0.0301. The Labute approximate surface area is 153 Å². The number of aromatic nitrogens is 1. The summed E-state index contributed by atoms with van der Waals surface area (Å²) in [7, 11) is 0. The highest BCUT2D eigenvalue weighted by molar-refractivity contribution is 5.62. The van der Waals surface area contributed by atoms with E-state index >= 15 is 0 Å². The first-order valence-electron chi connectivity index (χ1n) is 7.78. The number of hydrogen-bond donors (Lipinski definition) is 0. The molecule has 0 aliphatic carbocycles. The summed E-state index contributed by atoms with van der Waals surface area (Å²) in [5, 5.41) is 7.65. The predicted octanol–water partition coefficient (Wildman–Crippen LogP) is 4.01. The fraction of sp³-hybridized carbons (Fsp3) is 0.400. The lowest BCUT2D eigenvalue weighted by Gasteiger charge is -2.30. The topological polar surface area (TPSA) is 68.5 Å². The molecule has 1 unspecified atom stereocenters. The average Bonchev–Trinajstić information content (AvgIpc) is 3.04. The molecule has 0 spiro atoms. The van der Waals surface area contributed by atoms with Gasteiger partial charge in [-0.15, -0.1) is 10.2 Å². The summed E-state index contributed by atoms with van der Waals surface area (Å²) in [5.74, 6) is -2.19. The Balaban J connectivity index is 1.77. The van der Waals surface area contributed by atoms with Crippen molar-refractivity contribution in [2.24, 2.45) is 10.2 Å². The minimum atomic E-state index is -4.66. The summed E-state index contributed by atoms with van der Waals surface area (Å²) >= 11 is 0. The number of allylic oxidation sites excluding steroid dienone is 2. The first kappa shape index (κ1) is 19.9. The van der Waals surface area contributed by atoms with E-state index in [0.29, 0.717) is 5.06 Å². The number of ether oxygens (including phenoxy) is 2. The minimum absolute atomic E-state index is 0.0301. The molecule has 1 atom stereocenters. The molecule has 3 rings (SSSR count). The van der Waals surface area contributed by atoms with Crippen LogP contribution in [-0.2, 0) is 9.57 Å². The van der Waals surface area contributed by atoms with Crippen molar-refractivity contribution < 1.29 is 40.7 Å². The van der Waals surface area contributed by atoms with Crippen molar-refractivity contribution in [3.63, 3.8) is 0 Å². The molecule has 1 aromatic heterocycles. The number of alkyl halides is 5. The second-order valence-electron chi connectivity index (χ2n) is 5.47. The molecule has 0 saturated carbocycles. The van der Waals surface area contributed by atoms with Gasteiger partial charge in [-0.1, -0.05) is 0 Å². The molecule has 0 bridgehead atoms. The zero-order chi connectivity index (χ0) is 20.5. The quantitative estimate of drug-likeness (QED) is 0.663. The largest absolute Gasteiger partial charge is 0.466 e. The molecule has 0 saturated heterocycles. The number of hydroxylamine groups is 2. The molecule has 2 aliphatic rings. The molecular weight excluding hydrogens is 398 g/mol. The van der Waals surface area contributed by atoms with Crippen LogP contribution in [0.3, 0.4) is 0 Å². The van der Waals surface area contributed by atoms with Gasteiger partial charge in [-0.25, -0.2) is 9.37 Å². The van der Waals surface area contributed by atoms with Gasteiger partial charge in [-0.2, -0.15) is 27.0 Å². The van der Waals surface area contributed by atoms with Gasteiger partial charge in [0.2, 0.25) is 0 Å². The van der Waals surface area contributed by atoms with Crippen LogP contribution in [0.15, 0.2) is 40.5 Å². The van der Waals surface area contributed by atoms with E-state index in [1.54, 1.807) is 0 Å². The SMILES string of the molecule is CCOC(F)(F)C1N=NC2=CC=C(c3cnc(OCC(F)(F)F)c(F)c3)ON21. The van der Waals surface area contributed by atoms with Crippen LogP contribution in [0.2, 0.25) is 0 Å². The molecule has 3 heterocycles. The Hall–Kier alpha value is -2.83. The zero-order valence-electron chi connectivity index (χ0n) is 14.1. The van der Waals surface area contributed by atoms with Gasteiger partial charge in [-0.05, 0) is 25.1 Å². The summed E-state index contributed by atoms with van der Waals surface area (Å²) < 4.78 is 87.0. The molecule has 0 fully saturated rings. The number of rotatable bonds is 6. The van der Waals surface area contributed by atoms with E-state index in [4.69, 9.17) is 4.84 Å². The summed E-state index contributed by atoms with van der Waals surface area (Å²) in [6.07, 6.45) is -6.73. The molecule has 0 radical (unpaired) electrons. The third kappa shape index (κ3) is 4.18. The van der Waals surface area contributed by atoms with Crippen molar-refractivity contribution in [1.29, 1.82) is 0 Å². The van der Waals surface area contributed by atoms with Crippen LogP contribution in [0.25, 0.3) is 5.76 Å². The summed E-state index contributed by atoms with van der Waals surface area (Å²) in [6.45, 7) is -0.633. The number of hydrogen-bond acceptors (Lipinski definition) is 7. The van der Waals surface area contributed by atoms with Crippen LogP contribution in [0.4, 0.5) is 26.3 Å². The molecule has 13 heteroatoms. The highest BCUT2D eigenvalue weighted by Gasteiger charge is 2.51. The Morgan fingerprint density at radius 3 is 2.61 bits per heavy atom. The first-order chi connectivity index (χ1) is 13.1. The van der Waals surface area contributed by atoms with E-state index < -0.39 is 36.8 Å². The summed E-state index contributed by atoms with van der Waals surface area (Å²) in [6, 6.07) is 0.795. The Morgan fingerprint density at radius 1 is 1.21 bits per heavy atom. The van der Waals surface area contributed by atoms with Crippen LogP contribution >= 0.6 is 0 Å². The fourth-order valence-corrected chi connectivity index (χ4v) is 2.26. The van der Waals surface area contributed by atoms with E-state index in [-0.39, 0.29) is 23.8 Å². The van der Waals surface area contributed by atoms with Gasteiger partial charge in [0.15, 0.2) is 24.0 Å². The second kappa shape index (κ2) is 7.30. The monoisotopic (exact) mass is 410 g/mol. The van der Waals surface area contributed by atoms with Crippen LogP contribution in [0.1, 0.15) is 12.5 Å². The normalized spacial score (nSPS) is 19.1. The van der Waals surface area contributed by atoms with E-state index in [1.165, 1.54) is 19.1 Å². The molecular formula is C15H12F6N4O3. The van der Waals surface area contributed by atoms with E-state index in [1.807, 2.05) is 0 Å². The lowest BCUT2D eigenvalue weighted by atomic mass is 10.2. The zero-order valence-corrected chi connectivity index (χ0v) is 14.1. The van der Waals surface area contributed by atoms with Crippen molar-refractivity contribution in [2.45, 2.75) is 25.4 Å². The first-order valence-corrected chi connectivity index (χ1v) is 7.78. The van der Waals surface area contributed by atoms with Gasteiger partial charge in [0.05, 0.1) is 6.61 Å². The van der Waals surface area contributed by atoms with Crippen LogP contribution in [0, 0.1) is 5.82 Å². The standard InChI is InChI=1S/C15H12F6N4O3/c1-2-27-15(20,21)13-24-23-11-4-3-10(28-25(11)13)8-5-9(16)12(22-6-8)26-7-14(17,18)19/h3-6,13H,2,7H2,1H3. The Kier molecular flexibility index (Phi) is 5.19. The molecule has 1 aromatic rings. The summed E-state index contributed by atoms with van der Waals surface area (Å²) in [4.78, 5) is 8.76. The average molecular weight is 410 g/mol. The molecule has 28 heavy (non-hydrogen) atoms. The van der Waals surface area contributed by atoms with Gasteiger partial charge in [0.25, 0.3) is 12.0 Å². The number of fused-ring (bicyclic) bond motifs is 1. The molecule has 2 aliphatic heterocycles. The molecule has 0 aromatic carbocycles. The highest BCUT2D eigenvalue weighted by atomic mass is 19.4. The maximum absolute atomic E-state index is 14.0. The Bertz CT molecular complexity index is 840. The predicted molar refractivity (Wildman–Crippen MR) is 79.9 cm³/mol. The van der Waals surface area contributed by atoms with Crippen LogP contribution in [-0.4, -0.2) is 41.7 Å². The van der Waals surface area contributed by atoms with Crippen molar-refractivity contribution in [3.05, 3.63) is 41.6 Å². The van der Waals surface area contributed by atoms with Crippen molar-refractivity contribution >= 4 is 5.76 Å². The van der Waals surface area contributed by atoms with Crippen molar-refractivity contribution in [1.82, 2.24) is 10.0 Å². The molecule has 152 valence electrons. The lowest BCUT2D eigenvalue weighted by molar-refractivity contribution is -0.294. The fourth-order valence-electron chi connectivity index (χ4n) is 2.26. The third-order valence-electron chi connectivity index (χ3n) is 3.40. The number of nitrogens with zero attached hydrogens (tertiary/aromatic N) is 4. The van der Waals surface area contributed by atoms with Gasteiger partial charge >= 0.3 is 12.3 Å². The van der Waals surface area contributed by atoms with Gasteiger partial charge in [0.1, 0.15) is 0 Å². The van der Waals surface area contributed by atoms with Gasteiger partial charge < -0.3 is 14.3 Å². The molecule has 7 nitrogen and oxygen atoms in total. The smallest absolute Gasteiger partial charge is 0.422 e. The van der Waals surface area contributed by atoms with Gasteiger partial charge in [-0.3, -0.25) is 0 Å². The van der Waals surface area contributed by atoms with E-state index in [9.17, 15) is 26.3 Å². The van der Waals surface area contributed by atoms with Crippen molar-refractivity contribution in [2.75, 3.05) is 13.2 Å². The maximum Gasteiger partial charge on any atom is 0.422 e. The number of azo groups is 1. The van der Waals surface area contributed by atoms with Gasteiger partial charge in [0, 0.05) is 11.8 Å². The van der Waals surface area contributed by atoms with Crippen LogP contribution < -0.4 is 4.74 Å². The minimum Gasteiger partial charge on any atom is -0.466 e. The molecule has 0 amide bonds. The van der Waals surface area contributed by atoms with E-state index in [2.05, 4.69) is 24.7 Å². The highest BCUT2D eigenvalue weighted by Crippen LogP contribution is 2.38. The maximum atomic E-state index is 14.0. The van der Waals surface area contributed by atoms with E-state index in [0.717, 1.165) is 12.3 Å². The van der Waals surface area contributed by atoms with Crippen LogP contribution in [0.5, 0.6) is 5.88 Å². The van der Waals surface area contributed by atoms with Crippen molar-refractivity contribution in [3.8, 4) is 5.88 Å². The Morgan fingerprint density at radius 2 is 1.96 bits per heavy atom.